The van der Waals surface area contributed by atoms with Crippen LogP contribution in [0.25, 0.3) is 0 Å². The van der Waals surface area contributed by atoms with Crippen LogP contribution in [0.5, 0.6) is 0 Å². The summed E-state index contributed by atoms with van der Waals surface area (Å²) in [5, 5.41) is 11.3. The molecule has 2 aromatic rings. The third-order valence-electron chi connectivity index (χ3n) is 4.80. The van der Waals surface area contributed by atoms with Crippen LogP contribution in [0.15, 0.2) is 12.4 Å². The molecule has 3 rings (SSSR count). The van der Waals surface area contributed by atoms with E-state index in [0.717, 1.165) is 22.6 Å². The molecule has 1 atom stereocenters. The van der Waals surface area contributed by atoms with Gasteiger partial charge in [-0.25, -0.2) is 0 Å². The van der Waals surface area contributed by atoms with Crippen molar-refractivity contribution in [1.82, 2.24) is 24.9 Å². The Morgan fingerprint density at radius 2 is 2.12 bits per heavy atom. The molecule has 1 unspecified atom stereocenters. The second kappa shape index (κ2) is 6.70. The standard InChI is InChI=1S/C17H24N6O2/c1-11-14(12(2)22(4)20-11)5-6-16(24)19-15-7-8-23(17(15)25)13-9-18-21(3)10-13/h9-10,15H,5-8H2,1-4H3,(H,19,24). The lowest BCUT2D eigenvalue weighted by atomic mass is 10.1. The Morgan fingerprint density at radius 3 is 2.72 bits per heavy atom. The van der Waals surface area contributed by atoms with Gasteiger partial charge in [-0.2, -0.15) is 10.2 Å². The fraction of sp³-hybridized carbons (Fsp3) is 0.529. The van der Waals surface area contributed by atoms with Crippen molar-refractivity contribution in [2.45, 2.75) is 39.2 Å². The van der Waals surface area contributed by atoms with Gasteiger partial charge in [-0.15, -0.1) is 0 Å². The van der Waals surface area contributed by atoms with E-state index in [1.807, 2.05) is 32.6 Å². The Hall–Kier alpha value is -2.64. The monoisotopic (exact) mass is 344 g/mol. The maximum atomic E-state index is 12.5. The van der Waals surface area contributed by atoms with E-state index < -0.39 is 6.04 Å². The molecule has 2 aromatic heterocycles. The van der Waals surface area contributed by atoms with Crippen molar-refractivity contribution in [3.63, 3.8) is 0 Å². The molecule has 8 nitrogen and oxygen atoms in total. The Bertz CT molecular complexity index is 806. The third-order valence-corrected chi connectivity index (χ3v) is 4.80. The number of nitrogens with zero attached hydrogens (tertiary/aromatic N) is 5. The zero-order chi connectivity index (χ0) is 18.1. The largest absolute Gasteiger partial charge is 0.344 e. The van der Waals surface area contributed by atoms with Gasteiger partial charge in [0, 0.05) is 39.0 Å². The molecule has 1 N–H and O–H groups in total. The summed E-state index contributed by atoms with van der Waals surface area (Å²) in [5.41, 5.74) is 3.90. The van der Waals surface area contributed by atoms with E-state index in [4.69, 9.17) is 0 Å². The Balaban J connectivity index is 1.56. The highest BCUT2D eigenvalue weighted by Crippen LogP contribution is 2.21. The summed E-state index contributed by atoms with van der Waals surface area (Å²) in [6, 6.07) is -0.455. The van der Waals surface area contributed by atoms with Crippen LogP contribution in [0.4, 0.5) is 5.69 Å². The van der Waals surface area contributed by atoms with Gasteiger partial charge in [0.25, 0.3) is 0 Å². The molecule has 0 bridgehead atoms. The average Bonchev–Trinajstić information content (AvgIpc) is 3.19. The number of hydrogen-bond acceptors (Lipinski definition) is 4. The summed E-state index contributed by atoms with van der Waals surface area (Å²) in [4.78, 5) is 26.4. The van der Waals surface area contributed by atoms with E-state index >= 15 is 0 Å². The highest BCUT2D eigenvalue weighted by molar-refractivity contribution is 6.01. The maximum Gasteiger partial charge on any atom is 0.249 e. The lowest BCUT2D eigenvalue weighted by Gasteiger charge is -2.15. The number of hydrogen-bond donors (Lipinski definition) is 1. The molecular weight excluding hydrogens is 320 g/mol. The lowest BCUT2D eigenvalue weighted by Crippen LogP contribution is -2.41. The first-order valence-corrected chi connectivity index (χ1v) is 8.45. The molecule has 0 saturated carbocycles. The molecular formula is C17H24N6O2. The van der Waals surface area contributed by atoms with Crippen LogP contribution in [0.2, 0.25) is 0 Å². The zero-order valence-corrected chi connectivity index (χ0v) is 15.1. The van der Waals surface area contributed by atoms with E-state index in [9.17, 15) is 9.59 Å². The van der Waals surface area contributed by atoms with Gasteiger partial charge in [0.05, 0.1) is 17.6 Å². The minimum absolute atomic E-state index is 0.0740. The Labute approximate surface area is 146 Å². The van der Waals surface area contributed by atoms with E-state index in [0.29, 0.717) is 25.8 Å². The quantitative estimate of drug-likeness (QED) is 0.862. The van der Waals surface area contributed by atoms with Crippen molar-refractivity contribution in [2.75, 3.05) is 11.4 Å². The third kappa shape index (κ3) is 3.42. The molecule has 0 spiro atoms. The molecule has 0 aliphatic carbocycles. The van der Waals surface area contributed by atoms with Crippen LogP contribution in [0.1, 0.15) is 29.8 Å². The van der Waals surface area contributed by atoms with Gasteiger partial charge in [0.1, 0.15) is 6.04 Å². The fourth-order valence-corrected chi connectivity index (χ4v) is 3.30. The SMILES string of the molecule is Cc1nn(C)c(C)c1CCC(=O)NC1CCN(c2cnn(C)c2)C1=O. The predicted octanol–water partition coefficient (Wildman–Crippen LogP) is 0.625. The summed E-state index contributed by atoms with van der Waals surface area (Å²) >= 11 is 0. The van der Waals surface area contributed by atoms with Crippen molar-refractivity contribution in [1.29, 1.82) is 0 Å². The molecule has 0 radical (unpaired) electrons. The minimum Gasteiger partial charge on any atom is -0.344 e. The van der Waals surface area contributed by atoms with Gasteiger partial charge in [0.15, 0.2) is 0 Å². The highest BCUT2D eigenvalue weighted by atomic mass is 16.2. The summed E-state index contributed by atoms with van der Waals surface area (Å²) in [7, 11) is 3.71. The molecule has 1 fully saturated rings. The van der Waals surface area contributed by atoms with Crippen LogP contribution >= 0.6 is 0 Å². The number of nitrogens with one attached hydrogen (secondary N) is 1. The Morgan fingerprint density at radius 1 is 1.36 bits per heavy atom. The summed E-state index contributed by atoms with van der Waals surface area (Å²) in [5.74, 6) is -0.177. The van der Waals surface area contributed by atoms with Gasteiger partial charge < -0.3 is 10.2 Å². The first-order valence-electron chi connectivity index (χ1n) is 8.45. The molecule has 1 saturated heterocycles. The second-order valence-corrected chi connectivity index (χ2v) is 6.54. The van der Waals surface area contributed by atoms with Crippen molar-refractivity contribution in [2.24, 2.45) is 14.1 Å². The van der Waals surface area contributed by atoms with Crippen LogP contribution in [0, 0.1) is 13.8 Å². The Kier molecular flexibility index (Phi) is 4.61. The predicted molar refractivity (Wildman–Crippen MR) is 93.1 cm³/mol. The number of carbonyl (C=O) groups is 2. The molecule has 1 aliphatic heterocycles. The van der Waals surface area contributed by atoms with Gasteiger partial charge in [-0.1, -0.05) is 0 Å². The lowest BCUT2D eigenvalue weighted by molar-refractivity contribution is -0.126. The van der Waals surface area contributed by atoms with Crippen molar-refractivity contribution in [3.05, 3.63) is 29.3 Å². The van der Waals surface area contributed by atoms with Crippen molar-refractivity contribution in [3.8, 4) is 0 Å². The van der Waals surface area contributed by atoms with Crippen molar-refractivity contribution >= 4 is 17.5 Å². The second-order valence-electron chi connectivity index (χ2n) is 6.54. The average molecular weight is 344 g/mol. The molecule has 3 heterocycles. The molecule has 1 aliphatic rings. The van der Waals surface area contributed by atoms with E-state index in [1.165, 1.54) is 0 Å². The van der Waals surface area contributed by atoms with Crippen LogP contribution in [-0.4, -0.2) is 44.0 Å². The zero-order valence-electron chi connectivity index (χ0n) is 15.1. The minimum atomic E-state index is -0.455. The molecule has 25 heavy (non-hydrogen) atoms. The normalized spacial score (nSPS) is 17.4. The summed E-state index contributed by atoms with van der Waals surface area (Å²) in [6.07, 6.45) is 5.06. The van der Waals surface area contributed by atoms with Crippen molar-refractivity contribution < 1.29 is 9.59 Å². The van der Waals surface area contributed by atoms with Crippen LogP contribution < -0.4 is 10.2 Å². The van der Waals surface area contributed by atoms with Gasteiger partial charge in [-0.3, -0.25) is 19.0 Å². The molecule has 0 aromatic carbocycles. The highest BCUT2D eigenvalue weighted by Gasteiger charge is 2.34. The summed E-state index contributed by atoms with van der Waals surface area (Å²) < 4.78 is 3.49. The fourth-order valence-electron chi connectivity index (χ4n) is 3.30. The molecule has 2 amide bonds. The number of anilines is 1. The van der Waals surface area contributed by atoms with Gasteiger partial charge in [-0.05, 0) is 32.3 Å². The molecule has 8 heteroatoms. The summed E-state index contributed by atoms with van der Waals surface area (Å²) in [6.45, 7) is 4.54. The first-order chi connectivity index (χ1) is 11.9. The number of rotatable bonds is 5. The molecule has 134 valence electrons. The van der Waals surface area contributed by atoms with E-state index in [1.54, 1.807) is 22.0 Å². The van der Waals surface area contributed by atoms with Crippen LogP contribution in [-0.2, 0) is 30.1 Å². The number of aromatic nitrogens is 4. The topological polar surface area (TPSA) is 85.1 Å². The van der Waals surface area contributed by atoms with E-state index in [-0.39, 0.29) is 11.8 Å². The maximum absolute atomic E-state index is 12.5. The van der Waals surface area contributed by atoms with Gasteiger partial charge >= 0.3 is 0 Å². The van der Waals surface area contributed by atoms with Gasteiger partial charge in [0.2, 0.25) is 11.8 Å². The number of aryl methyl sites for hydroxylation is 3. The number of amides is 2. The van der Waals surface area contributed by atoms with Crippen LogP contribution in [0.3, 0.4) is 0 Å². The first kappa shape index (κ1) is 17.2. The smallest absolute Gasteiger partial charge is 0.249 e. The number of carbonyl (C=O) groups excluding carboxylic acids is 2. The van der Waals surface area contributed by atoms with E-state index in [2.05, 4.69) is 15.5 Å².